The summed E-state index contributed by atoms with van der Waals surface area (Å²) >= 11 is 0. The maximum atomic E-state index is 12.6. The van der Waals surface area contributed by atoms with Gasteiger partial charge in [-0.2, -0.15) is 0 Å². The van der Waals surface area contributed by atoms with Gasteiger partial charge in [0, 0.05) is 5.56 Å². The summed E-state index contributed by atoms with van der Waals surface area (Å²) in [7, 11) is 0. The standard InChI is InChI=1S/C28H41NO4.C12H24O/c1-19-11-13-22(14-12-19)25-29-24(20(2)32-25)18-31-23-10-8-9-21(17-23)15-16-28(6,7)26(30)33-27(3,4)5;1-12(2,3)8-7-10-5-4-6-11(13)9-10/h11-14,21,23H,8-10,15-18H2,1-7H3;10-11,13H,4-9H2,1-3H3. The third kappa shape index (κ3) is 13.5. The van der Waals surface area contributed by atoms with Crippen molar-refractivity contribution in [2.75, 3.05) is 0 Å². The van der Waals surface area contributed by atoms with E-state index in [4.69, 9.17) is 13.9 Å². The first-order valence-corrected chi connectivity index (χ1v) is 18.0. The number of carbonyl (C=O) groups is 1. The van der Waals surface area contributed by atoms with Gasteiger partial charge in [-0.05, 0) is 129 Å². The maximum absolute atomic E-state index is 12.6. The van der Waals surface area contributed by atoms with E-state index in [1.165, 1.54) is 37.7 Å². The summed E-state index contributed by atoms with van der Waals surface area (Å²) in [5.74, 6) is 2.73. The first kappa shape index (κ1) is 38.3. The van der Waals surface area contributed by atoms with Gasteiger partial charge in [0.2, 0.25) is 5.89 Å². The van der Waals surface area contributed by atoms with Crippen molar-refractivity contribution in [3.63, 3.8) is 0 Å². The van der Waals surface area contributed by atoms with Crippen molar-refractivity contribution in [2.24, 2.45) is 22.7 Å². The number of ether oxygens (including phenoxy) is 2. The van der Waals surface area contributed by atoms with E-state index in [9.17, 15) is 9.90 Å². The minimum Gasteiger partial charge on any atom is -0.460 e. The highest BCUT2D eigenvalue weighted by Gasteiger charge is 2.34. The molecule has 4 unspecified atom stereocenters. The smallest absolute Gasteiger partial charge is 0.312 e. The fourth-order valence-electron chi connectivity index (χ4n) is 6.48. The van der Waals surface area contributed by atoms with Crippen LogP contribution in [-0.2, 0) is 20.9 Å². The summed E-state index contributed by atoms with van der Waals surface area (Å²) in [6, 6.07) is 8.21. The molecule has 0 spiro atoms. The van der Waals surface area contributed by atoms with Gasteiger partial charge < -0.3 is 19.0 Å². The number of rotatable bonds is 10. The number of aromatic nitrogens is 1. The Balaban J connectivity index is 0.000000370. The normalized spacial score (nSPS) is 22.6. The third-order valence-corrected chi connectivity index (χ3v) is 9.57. The summed E-state index contributed by atoms with van der Waals surface area (Å²) in [5.41, 5.74) is 2.62. The third-order valence-electron chi connectivity index (χ3n) is 9.57. The number of benzene rings is 1. The van der Waals surface area contributed by atoms with E-state index in [1.807, 2.05) is 53.7 Å². The van der Waals surface area contributed by atoms with Crippen molar-refractivity contribution in [2.45, 2.75) is 171 Å². The molecule has 4 atom stereocenters. The Bertz CT molecular complexity index is 1200. The SMILES string of the molecule is CC(C)(C)CCC1CCCC(O)C1.Cc1ccc(-c2nc(COC3CCCC(CCC(C)(C)C(=O)OC(C)(C)C)C3)c(C)o2)cc1. The first-order chi connectivity index (χ1) is 21.4. The van der Waals surface area contributed by atoms with Gasteiger partial charge in [-0.1, -0.05) is 64.2 Å². The van der Waals surface area contributed by atoms with E-state index < -0.39 is 11.0 Å². The molecule has 46 heavy (non-hydrogen) atoms. The molecule has 0 amide bonds. The van der Waals surface area contributed by atoms with Crippen LogP contribution in [0.2, 0.25) is 0 Å². The van der Waals surface area contributed by atoms with Crippen LogP contribution in [0.25, 0.3) is 11.5 Å². The minimum absolute atomic E-state index is 0.00119. The van der Waals surface area contributed by atoms with E-state index in [1.54, 1.807) is 0 Å². The van der Waals surface area contributed by atoms with Gasteiger partial charge in [0.25, 0.3) is 0 Å². The van der Waals surface area contributed by atoms with E-state index in [0.717, 1.165) is 67.9 Å². The average Bonchev–Trinajstić information content (AvgIpc) is 3.34. The molecule has 1 heterocycles. The summed E-state index contributed by atoms with van der Waals surface area (Å²) < 4.78 is 17.8. The van der Waals surface area contributed by atoms with Crippen molar-refractivity contribution in [1.29, 1.82) is 0 Å². The van der Waals surface area contributed by atoms with Crippen molar-refractivity contribution in [3.8, 4) is 11.5 Å². The van der Waals surface area contributed by atoms with Gasteiger partial charge in [0.15, 0.2) is 0 Å². The summed E-state index contributed by atoms with van der Waals surface area (Å²) in [5, 5.41) is 9.51. The van der Waals surface area contributed by atoms with Crippen LogP contribution in [0.1, 0.15) is 149 Å². The maximum Gasteiger partial charge on any atom is 0.312 e. The lowest BCUT2D eigenvalue weighted by molar-refractivity contribution is -0.166. The molecule has 4 rings (SSSR count). The first-order valence-electron chi connectivity index (χ1n) is 18.0. The van der Waals surface area contributed by atoms with Gasteiger partial charge >= 0.3 is 5.97 Å². The zero-order chi connectivity index (χ0) is 34.1. The fraction of sp³-hybridized carbons (Fsp3) is 0.750. The van der Waals surface area contributed by atoms with E-state index >= 15 is 0 Å². The lowest BCUT2D eigenvalue weighted by atomic mass is 9.79. The Morgan fingerprint density at radius 1 is 0.870 bits per heavy atom. The van der Waals surface area contributed by atoms with Gasteiger partial charge in [-0.15, -0.1) is 0 Å². The fourth-order valence-corrected chi connectivity index (χ4v) is 6.48. The van der Waals surface area contributed by atoms with Crippen LogP contribution in [-0.4, -0.2) is 33.9 Å². The lowest BCUT2D eigenvalue weighted by Crippen LogP contribution is -2.34. The van der Waals surface area contributed by atoms with Gasteiger partial charge in [-0.25, -0.2) is 4.98 Å². The molecule has 0 aliphatic heterocycles. The second kappa shape index (κ2) is 16.8. The van der Waals surface area contributed by atoms with Crippen molar-refractivity contribution >= 4 is 5.97 Å². The molecule has 6 nitrogen and oxygen atoms in total. The molecule has 1 aromatic carbocycles. The second-order valence-corrected chi connectivity index (χ2v) is 17.1. The van der Waals surface area contributed by atoms with Crippen LogP contribution >= 0.6 is 0 Å². The van der Waals surface area contributed by atoms with Crippen LogP contribution in [0.4, 0.5) is 0 Å². The molecule has 2 aliphatic carbocycles. The lowest BCUT2D eigenvalue weighted by Gasteiger charge is -2.32. The Morgan fingerprint density at radius 2 is 1.48 bits per heavy atom. The number of hydrogen-bond donors (Lipinski definition) is 1. The molecular formula is C40H65NO5. The van der Waals surface area contributed by atoms with Crippen molar-refractivity contribution in [3.05, 3.63) is 41.3 Å². The predicted octanol–water partition coefficient (Wildman–Crippen LogP) is 10.5. The topological polar surface area (TPSA) is 81.8 Å². The number of esters is 1. The highest BCUT2D eigenvalue weighted by Crippen LogP contribution is 2.36. The number of hydrogen-bond acceptors (Lipinski definition) is 6. The molecule has 2 aromatic rings. The van der Waals surface area contributed by atoms with Gasteiger partial charge in [-0.3, -0.25) is 4.79 Å². The Morgan fingerprint density at radius 3 is 2.09 bits per heavy atom. The number of aliphatic hydroxyl groups is 1. The molecule has 260 valence electrons. The Labute approximate surface area is 280 Å². The molecular weight excluding hydrogens is 574 g/mol. The Kier molecular flexibility index (Phi) is 14.0. The number of aryl methyl sites for hydroxylation is 2. The van der Waals surface area contributed by atoms with Crippen LogP contribution in [0, 0.1) is 36.5 Å². The van der Waals surface area contributed by atoms with Crippen LogP contribution in [0.15, 0.2) is 28.7 Å². The van der Waals surface area contributed by atoms with Crippen molar-refractivity contribution in [1.82, 2.24) is 4.98 Å². The van der Waals surface area contributed by atoms with Crippen molar-refractivity contribution < 1.29 is 23.8 Å². The van der Waals surface area contributed by atoms with E-state index in [2.05, 4.69) is 44.8 Å². The molecule has 2 saturated carbocycles. The summed E-state index contributed by atoms with van der Waals surface area (Å²) in [4.78, 5) is 17.3. The molecule has 1 N–H and O–H groups in total. The highest BCUT2D eigenvalue weighted by molar-refractivity contribution is 5.76. The average molecular weight is 640 g/mol. The van der Waals surface area contributed by atoms with E-state index in [0.29, 0.717) is 23.8 Å². The molecule has 2 aliphatic rings. The monoisotopic (exact) mass is 639 g/mol. The van der Waals surface area contributed by atoms with Gasteiger partial charge in [0.1, 0.15) is 17.1 Å². The quantitative estimate of drug-likeness (QED) is 0.261. The zero-order valence-corrected chi connectivity index (χ0v) is 30.8. The minimum atomic E-state index is -0.467. The summed E-state index contributed by atoms with van der Waals surface area (Å²) in [6.07, 6.45) is 13.8. The molecule has 2 fully saturated rings. The number of aliphatic hydroxyl groups excluding tert-OH is 1. The van der Waals surface area contributed by atoms with E-state index in [-0.39, 0.29) is 18.2 Å². The molecule has 0 saturated heterocycles. The largest absolute Gasteiger partial charge is 0.460 e. The molecule has 6 heteroatoms. The Hall–Kier alpha value is -2.18. The highest BCUT2D eigenvalue weighted by atomic mass is 16.6. The number of nitrogens with zero attached hydrogens (tertiary/aromatic N) is 1. The number of carbonyl (C=O) groups excluding carboxylic acids is 1. The van der Waals surface area contributed by atoms with Crippen LogP contribution < -0.4 is 0 Å². The molecule has 1 aromatic heterocycles. The van der Waals surface area contributed by atoms with Gasteiger partial charge in [0.05, 0.1) is 24.2 Å². The number of oxazole rings is 1. The molecule has 0 bridgehead atoms. The molecule has 0 radical (unpaired) electrons. The predicted molar refractivity (Wildman–Crippen MR) is 187 cm³/mol. The summed E-state index contributed by atoms with van der Waals surface area (Å²) in [6.45, 7) is 21.1. The zero-order valence-electron chi connectivity index (χ0n) is 30.8. The van der Waals surface area contributed by atoms with Crippen LogP contribution in [0.3, 0.4) is 0 Å². The second-order valence-electron chi connectivity index (χ2n) is 17.1. The van der Waals surface area contributed by atoms with Crippen LogP contribution in [0.5, 0.6) is 0 Å².